The molecule has 3 N–H and O–H groups in total. The van der Waals surface area contributed by atoms with Gasteiger partial charge in [-0.05, 0) is 55.1 Å². The predicted molar refractivity (Wildman–Crippen MR) is 102 cm³/mol. The van der Waals surface area contributed by atoms with Gasteiger partial charge in [-0.1, -0.05) is 45.0 Å². The summed E-state index contributed by atoms with van der Waals surface area (Å²) in [6.45, 7) is 0. The fraction of sp³-hybridized carbons (Fsp3) is 0.0588. The minimum absolute atomic E-state index is 0.0952. The van der Waals surface area contributed by atoms with Gasteiger partial charge in [0.1, 0.15) is 20.9 Å². The maximum Gasteiger partial charge on any atom is 0.347 e. The molecule has 0 saturated heterocycles. The van der Waals surface area contributed by atoms with Crippen molar-refractivity contribution in [3.63, 3.8) is 0 Å². The SMILES string of the molecule is CN.O=C(Oc1ccc(-c2cc(=S)ss2)cc1)c1ccccc1O. The average Bonchev–Trinajstić information content (AvgIpc) is 3.04. The lowest BCUT2D eigenvalue weighted by Crippen LogP contribution is -2.08. The maximum absolute atomic E-state index is 12.0. The Morgan fingerprint density at radius 3 is 2.33 bits per heavy atom. The van der Waals surface area contributed by atoms with Crippen LogP contribution in [-0.2, 0) is 0 Å². The number of phenolic OH excluding ortho intramolecular Hbond substituents is 1. The van der Waals surface area contributed by atoms with Crippen molar-refractivity contribution in [3.05, 3.63) is 64.0 Å². The van der Waals surface area contributed by atoms with Crippen molar-refractivity contribution in [2.75, 3.05) is 7.05 Å². The highest BCUT2D eigenvalue weighted by Crippen LogP contribution is 2.30. The van der Waals surface area contributed by atoms with E-state index < -0.39 is 5.97 Å². The molecule has 0 radical (unpaired) electrons. The minimum atomic E-state index is -0.586. The molecule has 7 heteroatoms. The summed E-state index contributed by atoms with van der Waals surface area (Å²) in [4.78, 5) is 13.1. The van der Waals surface area contributed by atoms with E-state index in [1.807, 2.05) is 18.2 Å². The zero-order valence-corrected chi connectivity index (χ0v) is 15.2. The number of benzene rings is 2. The third kappa shape index (κ3) is 4.48. The van der Waals surface area contributed by atoms with E-state index >= 15 is 0 Å². The number of ether oxygens (including phenoxy) is 1. The number of carbonyl (C=O) groups is 1. The van der Waals surface area contributed by atoms with Crippen LogP contribution in [0.1, 0.15) is 10.4 Å². The largest absolute Gasteiger partial charge is 0.507 e. The topological polar surface area (TPSA) is 72.6 Å². The lowest BCUT2D eigenvalue weighted by atomic mass is 10.2. The normalized spacial score (nSPS) is 9.75. The molecule has 1 aromatic heterocycles. The monoisotopic (exact) mass is 377 g/mol. The van der Waals surface area contributed by atoms with Crippen LogP contribution in [0.4, 0.5) is 0 Å². The zero-order chi connectivity index (χ0) is 17.5. The summed E-state index contributed by atoms with van der Waals surface area (Å²) in [7, 11) is 4.67. The summed E-state index contributed by atoms with van der Waals surface area (Å²) in [6.07, 6.45) is 0. The van der Waals surface area contributed by atoms with Crippen LogP contribution in [-0.4, -0.2) is 18.1 Å². The number of hydrogen-bond donors (Lipinski definition) is 2. The van der Waals surface area contributed by atoms with Crippen molar-refractivity contribution in [2.45, 2.75) is 0 Å². The summed E-state index contributed by atoms with van der Waals surface area (Å²) in [6, 6.07) is 15.4. The molecule has 4 nitrogen and oxygen atoms in total. The fourth-order valence-electron chi connectivity index (χ4n) is 1.87. The molecule has 1 heterocycles. The number of hydrogen-bond acceptors (Lipinski definition) is 7. The molecule has 0 unspecified atom stereocenters. The number of aromatic hydroxyl groups is 1. The molecular formula is C17H15NO3S3. The van der Waals surface area contributed by atoms with Gasteiger partial charge in [0.05, 0.1) is 0 Å². The van der Waals surface area contributed by atoms with Crippen molar-refractivity contribution in [2.24, 2.45) is 5.73 Å². The van der Waals surface area contributed by atoms with E-state index in [1.165, 1.54) is 19.2 Å². The smallest absolute Gasteiger partial charge is 0.347 e. The van der Waals surface area contributed by atoms with Gasteiger partial charge in [0.2, 0.25) is 0 Å². The lowest BCUT2D eigenvalue weighted by Gasteiger charge is -2.06. The van der Waals surface area contributed by atoms with Crippen molar-refractivity contribution in [1.29, 1.82) is 0 Å². The molecule has 0 fully saturated rings. The maximum atomic E-state index is 12.0. The second-order valence-corrected chi connectivity index (χ2v) is 7.34. The Balaban J connectivity index is 0.00000100. The summed E-state index contributed by atoms with van der Waals surface area (Å²) in [5, 5.41) is 9.65. The molecule has 2 aromatic carbocycles. The van der Waals surface area contributed by atoms with Gasteiger partial charge in [0.15, 0.2) is 0 Å². The lowest BCUT2D eigenvalue weighted by molar-refractivity contribution is 0.0731. The van der Waals surface area contributed by atoms with Crippen LogP contribution in [0.3, 0.4) is 0 Å². The Kier molecular flexibility index (Phi) is 6.62. The molecule has 24 heavy (non-hydrogen) atoms. The number of esters is 1. The molecule has 0 spiro atoms. The quantitative estimate of drug-likeness (QED) is 0.299. The summed E-state index contributed by atoms with van der Waals surface area (Å²) >= 11 is 5.12. The van der Waals surface area contributed by atoms with E-state index in [2.05, 4.69) is 5.73 Å². The molecule has 0 amide bonds. The Morgan fingerprint density at radius 2 is 1.75 bits per heavy atom. The van der Waals surface area contributed by atoms with Gasteiger partial charge in [-0.2, -0.15) is 0 Å². The molecule has 3 rings (SSSR count). The van der Waals surface area contributed by atoms with Gasteiger partial charge in [-0.15, -0.1) is 0 Å². The third-order valence-corrected chi connectivity index (χ3v) is 5.85. The molecular weight excluding hydrogens is 362 g/mol. The van der Waals surface area contributed by atoms with Crippen LogP contribution in [0.15, 0.2) is 54.6 Å². The van der Waals surface area contributed by atoms with Gasteiger partial charge in [0, 0.05) is 4.88 Å². The Morgan fingerprint density at radius 1 is 1.08 bits per heavy atom. The minimum Gasteiger partial charge on any atom is -0.507 e. The highest BCUT2D eigenvalue weighted by atomic mass is 32.9. The van der Waals surface area contributed by atoms with Gasteiger partial charge in [0.25, 0.3) is 0 Å². The van der Waals surface area contributed by atoms with Crippen molar-refractivity contribution in [1.82, 2.24) is 0 Å². The van der Waals surface area contributed by atoms with Crippen LogP contribution in [0.25, 0.3) is 10.4 Å². The van der Waals surface area contributed by atoms with Gasteiger partial charge in [-0.3, -0.25) is 0 Å². The van der Waals surface area contributed by atoms with E-state index in [0.29, 0.717) is 5.75 Å². The van der Waals surface area contributed by atoms with E-state index in [0.717, 1.165) is 14.3 Å². The second-order valence-electron chi connectivity index (χ2n) is 4.43. The fourth-order valence-corrected chi connectivity index (χ4v) is 4.27. The number of carbonyl (C=O) groups excluding carboxylic acids is 1. The average molecular weight is 378 g/mol. The van der Waals surface area contributed by atoms with E-state index in [-0.39, 0.29) is 11.3 Å². The highest BCUT2D eigenvalue weighted by molar-refractivity contribution is 7.80. The Bertz CT molecular complexity index is 869. The number of phenols is 1. The summed E-state index contributed by atoms with van der Waals surface area (Å²) < 4.78 is 6.12. The first-order chi connectivity index (χ1) is 11.6. The number of nitrogens with two attached hydrogens (primary N) is 1. The molecule has 0 aliphatic heterocycles. The van der Waals surface area contributed by atoms with Crippen LogP contribution >= 0.6 is 32.9 Å². The third-order valence-electron chi connectivity index (χ3n) is 2.94. The summed E-state index contributed by atoms with van der Waals surface area (Å²) in [5.74, 6) is -0.255. The molecule has 0 bridgehead atoms. The van der Waals surface area contributed by atoms with Gasteiger partial charge >= 0.3 is 5.97 Å². The van der Waals surface area contributed by atoms with E-state index in [1.54, 1.807) is 44.9 Å². The molecule has 0 aliphatic rings. The Hall–Kier alpha value is -2.06. The summed E-state index contributed by atoms with van der Waals surface area (Å²) in [5.41, 5.74) is 5.67. The van der Waals surface area contributed by atoms with Crippen molar-refractivity contribution < 1.29 is 14.6 Å². The molecule has 0 atom stereocenters. The van der Waals surface area contributed by atoms with Crippen LogP contribution < -0.4 is 10.5 Å². The number of rotatable bonds is 3. The first-order valence-corrected chi connectivity index (χ1v) is 9.48. The molecule has 3 aromatic rings. The number of para-hydroxylation sites is 1. The van der Waals surface area contributed by atoms with Crippen LogP contribution in [0, 0.1) is 3.82 Å². The van der Waals surface area contributed by atoms with E-state index in [9.17, 15) is 9.90 Å². The second kappa shape index (κ2) is 8.70. The molecule has 0 aliphatic carbocycles. The highest BCUT2D eigenvalue weighted by Gasteiger charge is 2.12. The first-order valence-electron chi connectivity index (χ1n) is 6.92. The molecule has 0 saturated carbocycles. The van der Waals surface area contributed by atoms with E-state index in [4.69, 9.17) is 17.0 Å². The predicted octanol–water partition coefficient (Wildman–Crippen LogP) is 4.71. The first kappa shape index (κ1) is 18.3. The Labute approximate surface area is 152 Å². The van der Waals surface area contributed by atoms with Crippen molar-refractivity contribution in [3.8, 4) is 21.9 Å². The van der Waals surface area contributed by atoms with Crippen LogP contribution in [0.2, 0.25) is 0 Å². The van der Waals surface area contributed by atoms with Gasteiger partial charge < -0.3 is 15.6 Å². The standard InChI is InChI=1S/C16H10O3S3.CH5N/c17-13-4-2-1-3-12(13)16(18)19-11-7-5-10(6-8-11)14-9-15(20)22-21-14;1-2/h1-9,17H;2H2,1H3. The molecule has 124 valence electrons. The van der Waals surface area contributed by atoms with Crippen LogP contribution in [0.5, 0.6) is 11.5 Å². The van der Waals surface area contributed by atoms with Crippen molar-refractivity contribution >= 4 is 38.9 Å². The zero-order valence-electron chi connectivity index (χ0n) is 12.8. The van der Waals surface area contributed by atoms with Gasteiger partial charge in [-0.25, -0.2) is 4.79 Å².